The van der Waals surface area contributed by atoms with E-state index in [4.69, 9.17) is 14.6 Å². The monoisotopic (exact) mass is 370 g/mol. The van der Waals surface area contributed by atoms with Gasteiger partial charge in [0.2, 0.25) is 11.8 Å². The quantitative estimate of drug-likeness (QED) is 0.775. The van der Waals surface area contributed by atoms with Gasteiger partial charge in [-0.2, -0.15) is 0 Å². The number of carboxylic acids is 1. The molecule has 1 saturated heterocycles. The summed E-state index contributed by atoms with van der Waals surface area (Å²) in [6, 6.07) is 10.0. The van der Waals surface area contributed by atoms with E-state index >= 15 is 0 Å². The number of carbonyl (C=O) groups excluding carboxylic acids is 1. The molecular formula is C20H22N2O5. The van der Waals surface area contributed by atoms with Crippen LogP contribution in [-0.4, -0.2) is 41.3 Å². The van der Waals surface area contributed by atoms with E-state index in [1.165, 1.54) is 12.1 Å². The molecule has 1 aliphatic rings. The van der Waals surface area contributed by atoms with Gasteiger partial charge in [0.05, 0.1) is 25.2 Å². The lowest BCUT2D eigenvalue weighted by Gasteiger charge is -2.22. The minimum Gasteiger partial charge on any atom is -0.478 e. The van der Waals surface area contributed by atoms with Gasteiger partial charge < -0.3 is 19.9 Å². The molecule has 142 valence electrons. The lowest BCUT2D eigenvalue weighted by atomic mass is 10.1. The van der Waals surface area contributed by atoms with Crippen LogP contribution in [0.3, 0.4) is 0 Å². The smallest absolute Gasteiger partial charge is 0.335 e. The molecule has 27 heavy (non-hydrogen) atoms. The van der Waals surface area contributed by atoms with E-state index in [9.17, 15) is 9.59 Å². The summed E-state index contributed by atoms with van der Waals surface area (Å²) in [6.07, 6.45) is 3.58. The molecule has 2 aromatic rings. The van der Waals surface area contributed by atoms with E-state index in [-0.39, 0.29) is 24.0 Å². The van der Waals surface area contributed by atoms with Gasteiger partial charge in [0.25, 0.3) is 0 Å². The number of amides is 1. The second kappa shape index (κ2) is 9.14. The van der Waals surface area contributed by atoms with Crippen LogP contribution in [0.1, 0.15) is 34.3 Å². The lowest BCUT2D eigenvalue weighted by molar-refractivity contribution is -0.120. The van der Waals surface area contributed by atoms with Crippen LogP contribution in [0.5, 0.6) is 5.88 Å². The van der Waals surface area contributed by atoms with E-state index in [1.807, 2.05) is 12.1 Å². The number of hydrogen-bond acceptors (Lipinski definition) is 5. The third-order valence-electron chi connectivity index (χ3n) is 4.28. The van der Waals surface area contributed by atoms with Gasteiger partial charge in [-0.05, 0) is 29.3 Å². The van der Waals surface area contributed by atoms with Crippen molar-refractivity contribution in [3.05, 3.63) is 59.3 Å². The predicted molar refractivity (Wildman–Crippen MR) is 97.7 cm³/mol. The first-order valence-corrected chi connectivity index (χ1v) is 8.88. The van der Waals surface area contributed by atoms with Crippen molar-refractivity contribution in [1.82, 2.24) is 10.3 Å². The zero-order chi connectivity index (χ0) is 19.1. The Morgan fingerprint density at radius 2 is 2.00 bits per heavy atom. The first-order chi connectivity index (χ1) is 13.1. The molecule has 0 unspecified atom stereocenters. The predicted octanol–water partition coefficient (Wildman–Crippen LogP) is 2.20. The highest BCUT2D eigenvalue weighted by molar-refractivity contribution is 5.88. The molecule has 2 N–H and O–H groups in total. The Balaban J connectivity index is 1.52. The van der Waals surface area contributed by atoms with Gasteiger partial charge >= 0.3 is 5.97 Å². The Morgan fingerprint density at radius 1 is 1.19 bits per heavy atom. The van der Waals surface area contributed by atoms with Gasteiger partial charge in [-0.25, -0.2) is 9.78 Å². The lowest BCUT2D eigenvalue weighted by Crippen LogP contribution is -2.26. The van der Waals surface area contributed by atoms with Gasteiger partial charge in [-0.1, -0.05) is 12.1 Å². The molecule has 0 radical (unpaired) electrons. The van der Waals surface area contributed by atoms with Crippen LogP contribution in [0.25, 0.3) is 0 Å². The third-order valence-corrected chi connectivity index (χ3v) is 4.28. The molecule has 1 aromatic carbocycles. The van der Waals surface area contributed by atoms with Gasteiger partial charge in [-0.15, -0.1) is 0 Å². The van der Waals surface area contributed by atoms with Gasteiger partial charge in [-0.3, -0.25) is 4.79 Å². The van der Waals surface area contributed by atoms with Crippen LogP contribution in [-0.2, 0) is 22.5 Å². The van der Waals surface area contributed by atoms with Gasteiger partial charge in [0.15, 0.2) is 0 Å². The third kappa shape index (κ3) is 5.79. The number of aromatic carboxylic acids is 1. The second-order valence-corrected chi connectivity index (χ2v) is 6.39. The molecule has 0 spiro atoms. The molecule has 1 aromatic heterocycles. The molecule has 0 aliphatic carbocycles. The molecule has 1 amide bonds. The average Bonchev–Trinajstić information content (AvgIpc) is 2.68. The molecule has 0 bridgehead atoms. The van der Waals surface area contributed by atoms with Crippen molar-refractivity contribution >= 4 is 11.9 Å². The Kier molecular flexibility index (Phi) is 6.38. The van der Waals surface area contributed by atoms with E-state index in [0.717, 1.165) is 18.4 Å². The van der Waals surface area contributed by atoms with Gasteiger partial charge in [0.1, 0.15) is 6.10 Å². The van der Waals surface area contributed by atoms with E-state index in [2.05, 4.69) is 10.3 Å². The number of ether oxygens (including phenoxy) is 2. The van der Waals surface area contributed by atoms with Crippen molar-refractivity contribution in [2.24, 2.45) is 0 Å². The maximum atomic E-state index is 12.1. The van der Waals surface area contributed by atoms with Crippen molar-refractivity contribution in [3.63, 3.8) is 0 Å². The normalized spacial score (nSPS) is 14.5. The number of hydrogen-bond donors (Lipinski definition) is 2. The minimum atomic E-state index is -1.01. The molecule has 2 heterocycles. The largest absolute Gasteiger partial charge is 0.478 e. The molecule has 7 heteroatoms. The maximum absolute atomic E-state index is 12.1. The maximum Gasteiger partial charge on any atom is 0.335 e. The van der Waals surface area contributed by atoms with Crippen molar-refractivity contribution < 1.29 is 24.2 Å². The highest BCUT2D eigenvalue weighted by Crippen LogP contribution is 2.16. The van der Waals surface area contributed by atoms with Crippen molar-refractivity contribution in [2.45, 2.75) is 31.9 Å². The fraction of sp³-hybridized carbons (Fsp3) is 0.350. The fourth-order valence-electron chi connectivity index (χ4n) is 2.85. The van der Waals surface area contributed by atoms with Crippen molar-refractivity contribution in [3.8, 4) is 5.88 Å². The van der Waals surface area contributed by atoms with Crippen molar-refractivity contribution in [2.75, 3.05) is 13.2 Å². The van der Waals surface area contributed by atoms with Gasteiger partial charge in [0, 0.05) is 31.6 Å². The average molecular weight is 370 g/mol. The van der Waals surface area contributed by atoms with Crippen LogP contribution in [0.2, 0.25) is 0 Å². The fourth-order valence-corrected chi connectivity index (χ4v) is 2.85. The number of nitrogens with zero attached hydrogens (tertiary/aromatic N) is 1. The molecule has 1 aliphatic heterocycles. The van der Waals surface area contributed by atoms with E-state index in [0.29, 0.717) is 31.2 Å². The first-order valence-electron chi connectivity index (χ1n) is 8.88. The van der Waals surface area contributed by atoms with Crippen molar-refractivity contribution in [1.29, 1.82) is 0 Å². The zero-order valence-electron chi connectivity index (χ0n) is 14.9. The summed E-state index contributed by atoms with van der Waals surface area (Å²) in [5, 5.41) is 11.9. The van der Waals surface area contributed by atoms with Crippen LogP contribution in [0, 0.1) is 0 Å². The number of rotatable bonds is 7. The topological polar surface area (TPSA) is 97.8 Å². The molecule has 3 rings (SSSR count). The molecule has 0 saturated carbocycles. The number of benzene rings is 1. The zero-order valence-corrected chi connectivity index (χ0v) is 14.9. The number of carbonyl (C=O) groups is 2. The summed E-state index contributed by atoms with van der Waals surface area (Å²) in [5.74, 6) is -0.643. The second-order valence-electron chi connectivity index (χ2n) is 6.39. The summed E-state index contributed by atoms with van der Waals surface area (Å²) in [5.41, 5.74) is 1.72. The first kappa shape index (κ1) is 18.8. The van der Waals surface area contributed by atoms with E-state index < -0.39 is 5.97 Å². The number of carboxylic acid groups (broad SMARTS) is 1. The molecular weight excluding hydrogens is 348 g/mol. The Labute approximate surface area is 157 Å². The van der Waals surface area contributed by atoms with Crippen LogP contribution in [0.15, 0.2) is 42.6 Å². The Hall–Kier alpha value is -2.93. The summed E-state index contributed by atoms with van der Waals surface area (Å²) in [6.45, 7) is 1.75. The standard InChI is InChI=1S/C20H22N2O5/c23-18(11-14-2-1-3-16(10-14)20(24)25)22-13-15-4-7-21-19(12-15)27-17-5-8-26-9-6-17/h1-4,7,10,12,17H,5-6,8-9,11,13H2,(H,22,23)(H,24,25). The summed E-state index contributed by atoms with van der Waals surface area (Å²) >= 11 is 0. The molecule has 1 fully saturated rings. The van der Waals surface area contributed by atoms with Crippen LogP contribution in [0.4, 0.5) is 0 Å². The number of nitrogens with one attached hydrogen (secondary N) is 1. The summed E-state index contributed by atoms with van der Waals surface area (Å²) in [4.78, 5) is 27.4. The molecule has 0 atom stereocenters. The minimum absolute atomic E-state index is 0.109. The number of pyridine rings is 1. The van der Waals surface area contributed by atoms with Crippen LogP contribution >= 0.6 is 0 Å². The highest BCUT2D eigenvalue weighted by atomic mass is 16.5. The summed E-state index contributed by atoms with van der Waals surface area (Å²) < 4.78 is 11.2. The van der Waals surface area contributed by atoms with Crippen LogP contribution < -0.4 is 10.1 Å². The number of aromatic nitrogens is 1. The Morgan fingerprint density at radius 3 is 2.78 bits per heavy atom. The molecule has 7 nitrogen and oxygen atoms in total. The SMILES string of the molecule is O=C(Cc1cccc(C(=O)O)c1)NCc1ccnc(OC2CCOCC2)c1. The highest BCUT2D eigenvalue weighted by Gasteiger charge is 2.16. The van der Waals surface area contributed by atoms with E-state index in [1.54, 1.807) is 18.3 Å². The Bertz CT molecular complexity index is 802. The summed E-state index contributed by atoms with van der Waals surface area (Å²) in [7, 11) is 0.